The van der Waals surface area contributed by atoms with E-state index in [0.717, 1.165) is 22.5 Å². The fourth-order valence-electron chi connectivity index (χ4n) is 4.70. The van der Waals surface area contributed by atoms with Crippen LogP contribution in [-0.4, -0.2) is 35.2 Å². The highest BCUT2D eigenvalue weighted by Gasteiger charge is 2.23. The van der Waals surface area contributed by atoms with Gasteiger partial charge in [-0.15, -0.1) is 0 Å². The highest BCUT2D eigenvalue weighted by atomic mass is 19.1. The normalized spacial score (nSPS) is 11.2. The number of ether oxygens (including phenoxy) is 1. The first-order chi connectivity index (χ1) is 19.7. The Kier molecular flexibility index (Phi) is 6.22. The van der Waals surface area contributed by atoms with Crippen LogP contribution in [-0.2, 0) is 14.1 Å². The average molecular weight is 556 g/mol. The minimum atomic E-state index is -0.722. The molecular weight excluding hydrogens is 532 g/mol. The number of nitrogens with one attached hydrogen (secondary N) is 2. The van der Waals surface area contributed by atoms with Gasteiger partial charge in [0.15, 0.2) is 11.6 Å². The zero-order chi connectivity index (χ0) is 28.8. The topological polar surface area (TPSA) is 112 Å². The summed E-state index contributed by atoms with van der Waals surface area (Å²) in [7, 11) is 3.44. The third-order valence-electron chi connectivity index (χ3n) is 6.92. The van der Waals surface area contributed by atoms with Crippen molar-refractivity contribution in [3.05, 3.63) is 106 Å². The zero-order valence-electron chi connectivity index (χ0n) is 22.1. The van der Waals surface area contributed by atoms with E-state index in [4.69, 9.17) is 4.74 Å². The standard InChI is InChI=1S/C29H23F2N7O3/c1-16-27(29(40)38(37(16)3)21-7-4-19(30)5-8-21)28(39)35-20-6-9-25(23(31)11-20)41-26-10-17-15-34-36(2)24(17)12-22(26)18-13-32-33-14-18/h4-15H,1-3H3,(H,32,33)(H,35,39). The average Bonchev–Trinajstić information content (AvgIpc) is 3.65. The number of nitrogens with zero attached hydrogens (tertiary/aromatic N) is 5. The van der Waals surface area contributed by atoms with Gasteiger partial charge in [-0.2, -0.15) is 10.2 Å². The van der Waals surface area contributed by atoms with Crippen LogP contribution in [0.3, 0.4) is 0 Å². The van der Waals surface area contributed by atoms with Crippen molar-refractivity contribution in [1.29, 1.82) is 0 Å². The lowest BCUT2D eigenvalue weighted by molar-refractivity contribution is 0.102. The predicted octanol–water partition coefficient (Wildman–Crippen LogP) is 5.08. The number of rotatable bonds is 6. The van der Waals surface area contributed by atoms with E-state index in [1.54, 1.807) is 43.3 Å². The molecule has 0 spiro atoms. The van der Waals surface area contributed by atoms with E-state index in [2.05, 4.69) is 20.6 Å². The van der Waals surface area contributed by atoms with Crippen LogP contribution in [0.25, 0.3) is 27.7 Å². The molecule has 0 fully saturated rings. The summed E-state index contributed by atoms with van der Waals surface area (Å²) in [5.41, 5.74) is 2.50. The molecule has 12 heteroatoms. The number of aryl methyl sites for hydroxylation is 1. The first-order valence-electron chi connectivity index (χ1n) is 12.5. The van der Waals surface area contributed by atoms with E-state index < -0.39 is 23.1 Å². The van der Waals surface area contributed by atoms with Gasteiger partial charge in [0, 0.05) is 48.6 Å². The molecule has 0 unspecified atom stereocenters. The van der Waals surface area contributed by atoms with E-state index in [9.17, 15) is 14.0 Å². The lowest BCUT2D eigenvalue weighted by Crippen LogP contribution is -2.25. The van der Waals surface area contributed by atoms with Crippen molar-refractivity contribution in [2.45, 2.75) is 6.92 Å². The summed E-state index contributed by atoms with van der Waals surface area (Å²) in [6, 6.07) is 13.0. The van der Waals surface area contributed by atoms with Crippen LogP contribution in [0.4, 0.5) is 14.5 Å². The Morgan fingerprint density at radius 2 is 1.78 bits per heavy atom. The van der Waals surface area contributed by atoms with Gasteiger partial charge < -0.3 is 10.1 Å². The number of hydrogen-bond donors (Lipinski definition) is 2. The van der Waals surface area contributed by atoms with Gasteiger partial charge in [0.2, 0.25) is 0 Å². The summed E-state index contributed by atoms with van der Waals surface area (Å²) < 4.78 is 39.1. The molecule has 0 saturated carbocycles. The summed E-state index contributed by atoms with van der Waals surface area (Å²) in [5, 5.41) is 14.4. The molecule has 0 aliphatic heterocycles. The van der Waals surface area contributed by atoms with Crippen molar-refractivity contribution in [2.24, 2.45) is 14.1 Å². The van der Waals surface area contributed by atoms with Gasteiger partial charge in [0.05, 0.1) is 29.3 Å². The molecule has 3 heterocycles. The van der Waals surface area contributed by atoms with Crippen LogP contribution in [0.15, 0.2) is 78.0 Å². The summed E-state index contributed by atoms with van der Waals surface area (Å²) in [4.78, 5) is 26.3. The first kappa shape index (κ1) is 25.7. The van der Waals surface area contributed by atoms with E-state index in [0.29, 0.717) is 22.7 Å². The molecule has 0 aliphatic carbocycles. The molecule has 6 aromatic rings. The van der Waals surface area contributed by atoms with Gasteiger partial charge in [-0.25, -0.2) is 13.5 Å². The van der Waals surface area contributed by atoms with Gasteiger partial charge in [0.25, 0.3) is 11.5 Å². The van der Waals surface area contributed by atoms with Crippen molar-refractivity contribution >= 4 is 22.5 Å². The maximum Gasteiger partial charge on any atom is 0.284 e. The Balaban J connectivity index is 1.28. The van der Waals surface area contributed by atoms with E-state index in [1.807, 2.05) is 13.1 Å². The molecule has 0 aliphatic rings. The molecule has 0 atom stereocenters. The molecule has 3 aromatic carbocycles. The number of hydrogen-bond acceptors (Lipinski definition) is 5. The Bertz CT molecular complexity index is 1990. The van der Waals surface area contributed by atoms with Crippen molar-refractivity contribution in [2.75, 3.05) is 5.32 Å². The highest BCUT2D eigenvalue weighted by Crippen LogP contribution is 2.37. The van der Waals surface area contributed by atoms with Crippen LogP contribution in [0.5, 0.6) is 11.5 Å². The van der Waals surface area contributed by atoms with Crippen molar-refractivity contribution in [1.82, 2.24) is 29.3 Å². The maximum atomic E-state index is 15.2. The largest absolute Gasteiger partial charge is 0.454 e. The second kappa shape index (κ2) is 9.90. The van der Waals surface area contributed by atoms with Gasteiger partial charge >= 0.3 is 0 Å². The van der Waals surface area contributed by atoms with Crippen LogP contribution < -0.4 is 15.6 Å². The van der Waals surface area contributed by atoms with Crippen LogP contribution >= 0.6 is 0 Å². The zero-order valence-corrected chi connectivity index (χ0v) is 22.1. The Morgan fingerprint density at radius 3 is 2.49 bits per heavy atom. The number of benzene rings is 3. The SMILES string of the molecule is Cc1c(C(=O)Nc2ccc(Oc3cc4cnn(C)c4cc3-c3cn[nH]c3)c(F)c2)c(=O)n(-c2ccc(F)cc2)n1C. The minimum absolute atomic E-state index is 0.0643. The summed E-state index contributed by atoms with van der Waals surface area (Å²) in [5.74, 6) is -1.55. The number of carbonyl (C=O) groups is 1. The first-order valence-corrected chi connectivity index (χ1v) is 12.5. The summed E-state index contributed by atoms with van der Waals surface area (Å²) in [6.07, 6.45) is 5.02. The number of fused-ring (bicyclic) bond motifs is 1. The molecule has 41 heavy (non-hydrogen) atoms. The number of anilines is 1. The molecule has 10 nitrogen and oxygen atoms in total. The quantitative estimate of drug-likeness (QED) is 0.298. The monoisotopic (exact) mass is 555 g/mol. The van der Waals surface area contributed by atoms with Crippen molar-refractivity contribution in [3.63, 3.8) is 0 Å². The molecule has 0 saturated heterocycles. The van der Waals surface area contributed by atoms with Crippen LogP contribution in [0.1, 0.15) is 16.1 Å². The molecule has 6 rings (SSSR count). The lowest BCUT2D eigenvalue weighted by atomic mass is 10.1. The maximum absolute atomic E-state index is 15.2. The van der Waals surface area contributed by atoms with Gasteiger partial charge in [-0.05, 0) is 55.5 Å². The number of carbonyl (C=O) groups excluding carboxylic acids is 1. The van der Waals surface area contributed by atoms with Crippen molar-refractivity contribution < 1.29 is 18.3 Å². The number of aromatic nitrogens is 6. The fraction of sp³-hybridized carbons (Fsp3) is 0.103. The van der Waals surface area contributed by atoms with E-state index in [-0.39, 0.29) is 17.0 Å². The minimum Gasteiger partial charge on any atom is -0.454 e. The summed E-state index contributed by atoms with van der Waals surface area (Å²) >= 11 is 0. The molecule has 206 valence electrons. The number of H-pyrrole nitrogens is 1. The Labute approximate surface area is 231 Å². The summed E-state index contributed by atoms with van der Waals surface area (Å²) in [6.45, 7) is 1.62. The molecule has 0 radical (unpaired) electrons. The third kappa shape index (κ3) is 4.54. The van der Waals surface area contributed by atoms with Crippen LogP contribution in [0, 0.1) is 18.6 Å². The lowest BCUT2D eigenvalue weighted by Gasteiger charge is -2.13. The molecule has 3 aromatic heterocycles. The Hall–Kier alpha value is -5.52. The molecule has 0 bridgehead atoms. The number of amides is 1. The third-order valence-corrected chi connectivity index (χ3v) is 6.92. The fourth-order valence-corrected chi connectivity index (χ4v) is 4.70. The van der Waals surface area contributed by atoms with Gasteiger partial charge in [0.1, 0.15) is 17.1 Å². The van der Waals surface area contributed by atoms with E-state index >= 15 is 4.39 Å². The molecular formula is C29H23F2N7O3. The number of halogens is 2. The molecule has 2 N–H and O–H groups in total. The van der Waals surface area contributed by atoms with E-state index in [1.165, 1.54) is 45.8 Å². The van der Waals surface area contributed by atoms with Gasteiger partial charge in [-0.3, -0.25) is 24.1 Å². The second-order valence-electron chi connectivity index (χ2n) is 9.44. The highest BCUT2D eigenvalue weighted by molar-refractivity contribution is 6.05. The van der Waals surface area contributed by atoms with Crippen molar-refractivity contribution in [3.8, 4) is 28.3 Å². The van der Waals surface area contributed by atoms with Gasteiger partial charge in [-0.1, -0.05) is 0 Å². The smallest absolute Gasteiger partial charge is 0.284 e. The van der Waals surface area contributed by atoms with Crippen LogP contribution in [0.2, 0.25) is 0 Å². The second-order valence-corrected chi connectivity index (χ2v) is 9.44. The number of aromatic amines is 1. The predicted molar refractivity (Wildman–Crippen MR) is 148 cm³/mol. The molecule has 1 amide bonds. The Morgan fingerprint density at radius 1 is 1.00 bits per heavy atom.